The molecule has 0 spiro atoms. The smallest absolute Gasteiger partial charge is 0.465 e. The number of nitrogens with one attached hydrogen (secondary N) is 2. The standard InChI is InChI=1S/C22H28BNO4.C8H8ClNO2.B7/c1-21(2)22(3,4)28-23(27-21)19-12-8-17(9-13-19)15-24-14-16-6-10-18(11-7-16)20(25)26-5;1-12-8(11)6-2-4-7(10-9)5-3-6;1-5-7(4)6(2)3/h6-13,24H,14-15H2,1-5H3;2-5,10H,1H3;. The van der Waals surface area contributed by atoms with Gasteiger partial charge in [0.25, 0.3) is 0 Å². The van der Waals surface area contributed by atoms with Gasteiger partial charge in [-0.25, -0.2) is 9.59 Å². The molecule has 0 bridgehead atoms. The van der Waals surface area contributed by atoms with E-state index >= 15 is 0 Å². The van der Waals surface area contributed by atoms with Crippen molar-refractivity contribution < 1.29 is 28.4 Å². The van der Waals surface area contributed by atoms with Crippen molar-refractivity contribution in [1.82, 2.24) is 5.32 Å². The zero-order chi connectivity index (χ0) is 35.2. The summed E-state index contributed by atoms with van der Waals surface area (Å²) in [6, 6.07) is 22.4. The van der Waals surface area contributed by atoms with Gasteiger partial charge in [-0.05, 0) is 80.7 Å². The third-order valence-electron chi connectivity index (χ3n) is 7.62. The van der Waals surface area contributed by atoms with Crippen LogP contribution < -0.4 is 15.6 Å². The maximum Gasteiger partial charge on any atom is 0.494 e. The average molecular weight is 643 g/mol. The molecule has 233 valence electrons. The highest BCUT2D eigenvalue weighted by Gasteiger charge is 2.51. The second kappa shape index (κ2) is 19.2. The van der Waals surface area contributed by atoms with E-state index < -0.39 is 6.39 Å². The van der Waals surface area contributed by atoms with Gasteiger partial charge < -0.3 is 24.1 Å². The van der Waals surface area contributed by atoms with Gasteiger partial charge in [-0.15, -0.1) is 0 Å². The van der Waals surface area contributed by atoms with Crippen molar-refractivity contribution in [3.63, 3.8) is 0 Å². The van der Waals surface area contributed by atoms with E-state index in [1.54, 1.807) is 36.4 Å². The van der Waals surface area contributed by atoms with Gasteiger partial charge in [0.15, 0.2) is 0 Å². The maximum absolute atomic E-state index is 11.5. The molecule has 17 heteroatoms. The van der Waals surface area contributed by atoms with Gasteiger partial charge in [-0.2, -0.15) is 0 Å². The van der Waals surface area contributed by atoms with Gasteiger partial charge >= 0.3 is 19.1 Å². The number of hydrogen-bond acceptors (Lipinski definition) is 8. The summed E-state index contributed by atoms with van der Waals surface area (Å²) in [6.07, 6.45) is -0.926. The summed E-state index contributed by atoms with van der Waals surface area (Å²) in [4.78, 5) is 24.8. The predicted molar refractivity (Wildman–Crippen MR) is 198 cm³/mol. The van der Waals surface area contributed by atoms with E-state index in [0.717, 1.165) is 29.8 Å². The van der Waals surface area contributed by atoms with Gasteiger partial charge in [-0.1, -0.05) is 36.4 Å². The highest BCUT2D eigenvalue weighted by molar-refractivity contribution is 7.81. The first-order chi connectivity index (χ1) is 22.2. The SMILES string of the molecule is COC(=O)c1ccc(CNCc2ccc(B3OC(C)(C)C(C)(C)O3)cc2)cc1.COC(=O)c1ccc(NCl)cc1.[B][B]B([B])B([B])[B]. The van der Waals surface area contributed by atoms with Gasteiger partial charge in [0.05, 0.1) is 36.5 Å². The number of rotatable bonds is 10. The van der Waals surface area contributed by atoms with Crippen molar-refractivity contribution in [1.29, 1.82) is 0 Å². The number of esters is 2. The lowest BCUT2D eigenvalue weighted by Crippen LogP contribution is -2.43. The molecule has 0 unspecified atom stereocenters. The number of benzene rings is 3. The van der Waals surface area contributed by atoms with Crippen LogP contribution in [-0.4, -0.2) is 95.3 Å². The third kappa shape index (κ3) is 12.6. The molecule has 0 saturated carbocycles. The Balaban J connectivity index is 0.000000331. The van der Waals surface area contributed by atoms with Crippen molar-refractivity contribution in [3.8, 4) is 0 Å². The Morgan fingerprint density at radius 3 is 1.53 bits per heavy atom. The molecule has 0 atom stereocenters. The van der Waals surface area contributed by atoms with Crippen LogP contribution in [0.1, 0.15) is 59.5 Å². The van der Waals surface area contributed by atoms with Gasteiger partial charge in [0.1, 0.15) is 0 Å². The molecule has 0 aromatic heterocycles. The van der Waals surface area contributed by atoms with Crippen LogP contribution >= 0.6 is 11.8 Å². The fourth-order valence-corrected chi connectivity index (χ4v) is 4.04. The number of carbonyl (C=O) groups is 2. The minimum atomic E-state index is -0.537. The molecular weight excluding hydrogens is 606 g/mol. The topological polar surface area (TPSA) is 95.1 Å². The van der Waals surface area contributed by atoms with E-state index in [-0.39, 0.29) is 36.6 Å². The first-order valence-electron chi connectivity index (χ1n) is 14.9. The number of halogens is 1. The van der Waals surface area contributed by atoms with Crippen LogP contribution in [0.3, 0.4) is 0 Å². The van der Waals surface area contributed by atoms with Crippen LogP contribution in [0.2, 0.25) is 0 Å². The third-order valence-corrected chi connectivity index (χ3v) is 7.84. The van der Waals surface area contributed by atoms with Crippen LogP contribution in [0.25, 0.3) is 0 Å². The predicted octanol–water partition coefficient (Wildman–Crippen LogP) is 2.44. The molecule has 1 aliphatic heterocycles. The highest BCUT2D eigenvalue weighted by Crippen LogP contribution is 2.36. The molecule has 3 aromatic rings. The molecule has 0 aliphatic carbocycles. The van der Waals surface area contributed by atoms with Gasteiger partial charge in [-0.3, -0.25) is 4.84 Å². The molecule has 4 rings (SSSR count). The zero-order valence-corrected chi connectivity index (χ0v) is 28.5. The minimum Gasteiger partial charge on any atom is -0.465 e. The molecule has 0 amide bonds. The van der Waals surface area contributed by atoms with E-state index in [4.69, 9.17) is 56.8 Å². The van der Waals surface area contributed by atoms with Gasteiger partial charge in [0.2, 0.25) is 0 Å². The highest BCUT2D eigenvalue weighted by atomic mass is 35.5. The van der Waals surface area contributed by atoms with E-state index in [1.165, 1.54) is 26.8 Å². The Bertz CT molecular complexity index is 1390. The maximum atomic E-state index is 11.5. The second-order valence-corrected chi connectivity index (χ2v) is 11.8. The molecule has 1 fully saturated rings. The van der Waals surface area contributed by atoms with E-state index in [9.17, 15) is 9.59 Å². The number of hydrogen-bond donors (Lipinski definition) is 2. The lowest BCUT2D eigenvalue weighted by atomic mass is 8.76. The van der Waals surface area contributed by atoms with Crippen molar-refractivity contribution in [2.24, 2.45) is 0 Å². The monoisotopic (exact) mass is 643 g/mol. The van der Waals surface area contributed by atoms with E-state index in [0.29, 0.717) is 11.1 Å². The zero-order valence-electron chi connectivity index (χ0n) is 27.8. The molecule has 2 N–H and O–H groups in total. The van der Waals surface area contributed by atoms with Crippen molar-refractivity contribution in [3.05, 3.63) is 95.1 Å². The average Bonchev–Trinajstić information content (AvgIpc) is 3.30. The van der Waals surface area contributed by atoms with E-state index in [2.05, 4.69) is 66.8 Å². The number of anilines is 1. The number of carbonyl (C=O) groups excluding carboxylic acids is 2. The Kier molecular flexibility index (Phi) is 16.4. The van der Waals surface area contributed by atoms with Crippen molar-refractivity contribution in [2.45, 2.75) is 52.0 Å². The van der Waals surface area contributed by atoms with Crippen molar-refractivity contribution in [2.75, 3.05) is 19.1 Å². The van der Waals surface area contributed by atoms with E-state index in [1.807, 2.05) is 12.1 Å². The van der Waals surface area contributed by atoms with Crippen LogP contribution in [0.5, 0.6) is 0 Å². The Morgan fingerprint density at radius 2 is 1.19 bits per heavy atom. The first kappa shape index (κ1) is 40.3. The molecule has 1 aliphatic rings. The fraction of sp³-hybridized carbons (Fsp3) is 0.333. The summed E-state index contributed by atoms with van der Waals surface area (Å²) in [6.45, 7) is 9.71. The summed E-state index contributed by atoms with van der Waals surface area (Å²) in [5.41, 5.74) is 4.47. The van der Waals surface area contributed by atoms with Crippen LogP contribution in [0, 0.1) is 0 Å². The fourth-order valence-electron chi connectivity index (χ4n) is 3.91. The summed E-state index contributed by atoms with van der Waals surface area (Å²) in [5, 5.41) is 3.42. The van der Waals surface area contributed by atoms with Gasteiger partial charge in [0, 0.05) is 81.3 Å². The molecule has 47 heavy (non-hydrogen) atoms. The Labute approximate surface area is 291 Å². The summed E-state index contributed by atoms with van der Waals surface area (Å²) >= 11 is 5.33. The largest absolute Gasteiger partial charge is 0.494 e. The van der Waals surface area contributed by atoms with Crippen LogP contribution in [-0.2, 0) is 31.9 Å². The number of ether oxygens (including phenoxy) is 2. The lowest BCUT2D eigenvalue weighted by molar-refractivity contribution is 0.00578. The normalized spacial score (nSPS) is 13.9. The minimum absolute atomic E-state index is 0.318. The summed E-state index contributed by atoms with van der Waals surface area (Å²) in [5.74, 6) is -0.669. The molecule has 9 radical (unpaired) electrons. The Hall–Kier alpha value is -2.91. The quantitative estimate of drug-likeness (QED) is 0.198. The molecule has 1 heterocycles. The summed E-state index contributed by atoms with van der Waals surface area (Å²) < 4.78 is 21.4. The second-order valence-electron chi connectivity index (χ2n) is 11.6. The molecule has 1 saturated heterocycles. The van der Waals surface area contributed by atoms with Crippen LogP contribution in [0.15, 0.2) is 72.8 Å². The molecular formula is C30H36B8ClN2O6. The molecule has 3 aromatic carbocycles. The lowest BCUT2D eigenvalue weighted by Gasteiger charge is -2.32. The van der Waals surface area contributed by atoms with Crippen LogP contribution in [0.4, 0.5) is 5.69 Å². The van der Waals surface area contributed by atoms with Crippen molar-refractivity contribution >= 4 is 92.8 Å². The Morgan fingerprint density at radius 1 is 0.787 bits per heavy atom. The first-order valence-corrected chi connectivity index (χ1v) is 15.2. The molecule has 8 nitrogen and oxygen atoms in total. The number of methoxy groups -OCH3 is 2. The summed E-state index contributed by atoms with van der Waals surface area (Å²) in [7, 11) is 24.0.